The van der Waals surface area contributed by atoms with Crippen LogP contribution in [0.3, 0.4) is 0 Å². The second kappa shape index (κ2) is 38.8. The molecule has 0 fully saturated rings. The maximum atomic E-state index is 2.56. The molecule has 0 bridgehead atoms. The normalized spacial score (nSPS) is 13.9. The molecule has 0 unspecified atom stereocenters. The molecule has 0 aromatic heterocycles. The first-order chi connectivity index (χ1) is 70.6. The van der Waals surface area contributed by atoms with Crippen LogP contribution in [0.5, 0.6) is 0 Å². The first-order valence-corrected chi connectivity index (χ1v) is 55.8. The van der Waals surface area contributed by atoms with Gasteiger partial charge in [-0.3, -0.25) is 0 Å². The highest BCUT2D eigenvalue weighted by molar-refractivity contribution is 7.24. The third kappa shape index (κ3) is 16.9. The minimum absolute atomic E-state index is 0.00498. The van der Waals surface area contributed by atoms with E-state index in [1.807, 2.05) is 0 Å². The first-order valence-electron chi connectivity index (χ1n) is 51.8. The second-order valence-corrected chi connectivity index (χ2v) is 51.6. The molecule has 6 heterocycles. The van der Waals surface area contributed by atoms with Gasteiger partial charge in [-0.2, -0.15) is 0 Å². The van der Waals surface area contributed by atoms with Crippen molar-refractivity contribution < 1.29 is 0 Å². The van der Waals surface area contributed by atoms with Crippen LogP contribution in [0, 0.1) is 13.8 Å². The van der Waals surface area contributed by atoms with Gasteiger partial charge < -0.3 is 34.3 Å². The molecule has 0 radical (unpaired) electrons. The minimum atomic E-state index is -2.44. The van der Waals surface area contributed by atoms with E-state index in [-0.39, 0.29) is 34.4 Å². The molecule has 0 saturated carbocycles. The maximum Gasteiger partial charge on any atom is 0.247 e. The lowest BCUT2D eigenvalue weighted by molar-refractivity contribution is 0.558. The highest BCUT2D eigenvalue weighted by Crippen LogP contribution is 2.59. The molecule has 1 spiro atoms. The lowest BCUT2D eigenvalue weighted by Gasteiger charge is -2.49. The van der Waals surface area contributed by atoms with Crippen molar-refractivity contribution in [1.29, 1.82) is 0 Å². The van der Waals surface area contributed by atoms with Crippen molar-refractivity contribution in [3.63, 3.8) is 0 Å². The molecule has 0 aliphatic carbocycles. The predicted octanol–water partition coefficient (Wildman–Crippen LogP) is 28.8. The van der Waals surface area contributed by atoms with E-state index in [9.17, 15) is 0 Å². The van der Waals surface area contributed by atoms with Gasteiger partial charge in [0.1, 0.15) is 0 Å². The molecule has 0 amide bonds. The van der Waals surface area contributed by atoms with Crippen LogP contribution in [-0.4, -0.2) is 50.6 Å². The van der Waals surface area contributed by atoms with Crippen molar-refractivity contribution >= 4 is 172 Å². The van der Waals surface area contributed by atoms with Crippen molar-refractivity contribution in [3.8, 4) is 33.4 Å². The Labute approximate surface area is 868 Å². The van der Waals surface area contributed by atoms with Gasteiger partial charge in [0.15, 0.2) is 16.1 Å². The summed E-state index contributed by atoms with van der Waals surface area (Å²) < 4.78 is 0. The lowest BCUT2D eigenvalue weighted by atomic mass is 9.34. The van der Waals surface area contributed by atoms with Crippen LogP contribution < -0.4 is 92.2 Å². The maximum absolute atomic E-state index is 2.56. The smallest absolute Gasteiger partial charge is 0.247 e. The second-order valence-electron chi connectivity index (χ2n) is 44.2. The van der Waals surface area contributed by atoms with Crippen LogP contribution in [0.4, 0.5) is 91.0 Å². The van der Waals surface area contributed by atoms with Crippen LogP contribution in [0.1, 0.15) is 115 Å². The number of rotatable bonds is 7. The zero-order valence-corrected chi connectivity index (χ0v) is 89.3. The van der Waals surface area contributed by atoms with Gasteiger partial charge >= 0.3 is 0 Å². The fourth-order valence-corrected chi connectivity index (χ4v) is 35.0. The molecule has 6 aliphatic rings. The molecular weight excluding hydrogens is 1800 g/mol. The Morgan fingerprint density at radius 3 is 0.733 bits per heavy atom. The summed E-state index contributed by atoms with van der Waals surface area (Å²) in [5.41, 5.74) is 34.7. The minimum Gasteiger partial charge on any atom is -0.337 e. The monoisotopic (exact) mass is 1930 g/mol. The van der Waals surface area contributed by atoms with Crippen LogP contribution in [0.15, 0.2) is 479 Å². The van der Waals surface area contributed by atoms with Gasteiger partial charge in [-0.05, 0) is 289 Å². The molecule has 0 saturated heterocycles. The van der Waals surface area contributed by atoms with E-state index < -0.39 is 16.1 Å². The topological polar surface area (TPSA) is 22.7 Å². The van der Waals surface area contributed by atoms with Gasteiger partial charge in [0.05, 0.1) is 51.2 Å². The fourth-order valence-electron chi connectivity index (χ4n) is 24.3. The van der Waals surface area contributed by atoms with Crippen molar-refractivity contribution in [3.05, 3.63) is 490 Å². The summed E-state index contributed by atoms with van der Waals surface area (Å²) in [6.07, 6.45) is 0. The highest BCUT2D eigenvalue weighted by atomic mass is 28.3. The Balaban J connectivity index is 0.000000108. The van der Waals surface area contributed by atoms with Gasteiger partial charge in [-0.15, -0.1) is 0 Å². The standard InChI is InChI=1S/C34H30N2.C28H25NSi.C28H27NSi.C24H26BN.C22H22N2/c1-34(2,3)36-31-23-12-10-21-29(31)35(30-22-11-13-24-32(30)36)33-27(25-15-6-4-7-16-25)19-14-20-28(33)26-17-8-5-9-18-26;1-28(2,3)29-22-14-6-10-18-26(22)30(27-19-11-7-15-23(27)29)24-16-8-4-12-20(24)21-13-5-9-17-25(21)30;1-28(2,3)29-24-18-10-12-20-26(24)30(22-14-6-4-7-15-22,23-16-8-5-9-17-23)27-21-13-11-19-25(27)29;1-17-11-10-12-18(2)23(17)25-19-13-6-8-15-21(19)26(24(3,4)5)22-16-9-7-14-20(22)25;1-22(2,3)24-20-15-9-7-13-18(20)23(17-11-5-4-6-12-17)19-14-8-10-16-21(19)24/h4-24H,1-3H3;4-19H,1-3H3;4-21H,1-3H3;6-16H,1-5H3;4-16H,1-3H3. The van der Waals surface area contributed by atoms with Gasteiger partial charge in [-0.1, -0.05) is 399 Å². The molecule has 720 valence electrons. The Kier molecular flexibility index (Phi) is 25.6. The molecule has 6 aliphatic heterocycles. The van der Waals surface area contributed by atoms with E-state index >= 15 is 0 Å². The molecule has 25 rings (SSSR count). The average Bonchev–Trinajstić information content (AvgIpc) is 1.45. The number of para-hydroxylation sites is 16. The third-order valence-electron chi connectivity index (χ3n) is 29.6. The Morgan fingerprint density at radius 1 is 0.178 bits per heavy atom. The summed E-state index contributed by atoms with van der Waals surface area (Å²) in [5, 5.41) is 11.9. The molecular formula is C136H130BN7Si2. The predicted molar refractivity (Wildman–Crippen MR) is 635 cm³/mol. The van der Waals surface area contributed by atoms with Crippen LogP contribution >= 0.6 is 0 Å². The summed E-state index contributed by atoms with van der Waals surface area (Å²) in [6, 6.07) is 175. The number of aryl methyl sites for hydroxylation is 2. The molecule has 146 heavy (non-hydrogen) atoms. The number of fused-ring (bicyclic) bond motifs is 17. The summed E-state index contributed by atoms with van der Waals surface area (Å²) in [7, 11) is -4.80. The number of hydrogen-bond donors (Lipinski definition) is 0. The van der Waals surface area contributed by atoms with Crippen molar-refractivity contribution in [2.45, 2.75) is 145 Å². The lowest BCUT2D eigenvalue weighted by Crippen LogP contribution is -2.78. The average molecular weight is 1930 g/mol. The fraction of sp³-hybridized carbons (Fsp3) is 0.162. The van der Waals surface area contributed by atoms with Crippen LogP contribution in [0.25, 0.3) is 33.4 Å². The van der Waals surface area contributed by atoms with E-state index in [1.54, 1.807) is 0 Å². The van der Waals surface area contributed by atoms with Crippen LogP contribution in [0.2, 0.25) is 0 Å². The van der Waals surface area contributed by atoms with Gasteiger partial charge in [0, 0.05) is 78.6 Å². The summed E-state index contributed by atoms with van der Waals surface area (Å²) in [6.45, 7) is 39.1. The van der Waals surface area contributed by atoms with Gasteiger partial charge in [0.2, 0.25) is 6.71 Å². The quantitative estimate of drug-likeness (QED) is 0.147. The molecule has 7 nitrogen and oxygen atoms in total. The van der Waals surface area contributed by atoms with E-state index in [0.717, 1.165) is 0 Å². The Hall–Kier alpha value is -15.7. The zero-order valence-electron chi connectivity index (χ0n) is 87.3. The van der Waals surface area contributed by atoms with Crippen molar-refractivity contribution in [2.75, 3.05) is 34.3 Å². The summed E-state index contributed by atoms with van der Waals surface area (Å²) in [5.74, 6) is 0. The highest BCUT2D eigenvalue weighted by Gasteiger charge is 2.56. The number of hydrogen-bond acceptors (Lipinski definition) is 7. The first kappa shape index (κ1) is 96.4. The summed E-state index contributed by atoms with van der Waals surface area (Å²) >= 11 is 0. The SMILES string of the molecule is CC(C)(C)N1c2ccccc2N(c2c(-c3ccccc3)cccc2-c2ccccc2)c2ccccc21.CC(C)(C)N1c2ccccc2N(c2ccccc2)c2ccccc21.CC(C)(C)N1c2ccccc2[Si](c2ccccc2)(c2ccccc2)c2ccccc21.CC(C)(C)N1c2ccccc2[Si]2(c3ccccc3-c3ccccc32)c2ccccc21.Cc1cccc(C)c1B1c2ccccc2N(C(C)(C)C)c2ccccc21. The molecule has 0 N–H and O–H groups in total. The molecule has 10 heteroatoms. The van der Waals surface area contributed by atoms with Crippen molar-refractivity contribution in [2.24, 2.45) is 0 Å². The molecule has 19 aromatic rings. The zero-order chi connectivity index (χ0) is 101. The number of anilines is 16. The molecule has 19 aromatic carbocycles. The summed E-state index contributed by atoms with van der Waals surface area (Å²) in [4.78, 5) is 17.3. The third-order valence-corrected chi connectivity index (χ3v) is 39.4. The van der Waals surface area contributed by atoms with Gasteiger partial charge in [0.25, 0.3) is 0 Å². The molecule has 0 atom stereocenters. The van der Waals surface area contributed by atoms with Crippen molar-refractivity contribution in [1.82, 2.24) is 0 Å². The van der Waals surface area contributed by atoms with E-state index in [0.29, 0.717) is 0 Å². The number of benzene rings is 19. The van der Waals surface area contributed by atoms with E-state index in [1.165, 1.54) is 193 Å². The Bertz CT molecular complexity index is 7480. The number of nitrogens with zero attached hydrogens (tertiary/aromatic N) is 7. The van der Waals surface area contributed by atoms with Crippen LogP contribution in [-0.2, 0) is 0 Å². The largest absolute Gasteiger partial charge is 0.337 e. The van der Waals surface area contributed by atoms with E-state index in [2.05, 4.69) is 631 Å². The Morgan fingerprint density at radius 2 is 0.404 bits per heavy atom. The van der Waals surface area contributed by atoms with E-state index in [4.69, 9.17) is 0 Å². The van der Waals surface area contributed by atoms with Gasteiger partial charge in [-0.25, -0.2) is 0 Å².